The van der Waals surface area contributed by atoms with E-state index in [1.807, 2.05) is 26.0 Å². The van der Waals surface area contributed by atoms with Crippen LogP contribution in [-0.4, -0.2) is 25.1 Å². The fourth-order valence-corrected chi connectivity index (χ4v) is 2.29. The van der Waals surface area contributed by atoms with E-state index in [0.29, 0.717) is 17.9 Å². The van der Waals surface area contributed by atoms with E-state index in [-0.39, 0.29) is 12.5 Å². The molecule has 0 aliphatic carbocycles. The quantitative estimate of drug-likeness (QED) is 0.651. The molecule has 2 aromatic rings. The summed E-state index contributed by atoms with van der Waals surface area (Å²) in [5.41, 5.74) is 3.32. The second-order valence-electron chi connectivity index (χ2n) is 5.57. The fourth-order valence-electron chi connectivity index (χ4n) is 2.29. The van der Waals surface area contributed by atoms with Crippen LogP contribution in [0.3, 0.4) is 0 Å². The van der Waals surface area contributed by atoms with Crippen LogP contribution in [0.25, 0.3) is 0 Å². The lowest BCUT2D eigenvalue weighted by molar-refractivity contribution is -0.114. The molecule has 0 radical (unpaired) electrons. The van der Waals surface area contributed by atoms with E-state index >= 15 is 0 Å². The van der Waals surface area contributed by atoms with E-state index in [1.165, 1.54) is 6.92 Å². The molecule has 24 heavy (non-hydrogen) atoms. The number of ether oxygens (including phenoxy) is 2. The van der Waals surface area contributed by atoms with Crippen molar-refractivity contribution < 1.29 is 19.1 Å². The Morgan fingerprint density at radius 3 is 2.17 bits per heavy atom. The SMILES string of the molecule is CC(=O)Nc1ccc(C(=O)OCCOc2cc(C)cc(C)c2)cc1. The Kier molecular flexibility index (Phi) is 5.95. The maximum absolute atomic E-state index is 11.9. The van der Waals surface area contributed by atoms with E-state index in [1.54, 1.807) is 24.3 Å². The number of hydrogen-bond acceptors (Lipinski definition) is 4. The number of carbonyl (C=O) groups is 2. The highest BCUT2D eigenvalue weighted by Gasteiger charge is 2.07. The second-order valence-corrected chi connectivity index (χ2v) is 5.57. The van der Waals surface area contributed by atoms with Crippen molar-refractivity contribution >= 4 is 17.6 Å². The number of amides is 1. The van der Waals surface area contributed by atoms with Gasteiger partial charge in [-0.3, -0.25) is 4.79 Å². The van der Waals surface area contributed by atoms with Crippen LogP contribution >= 0.6 is 0 Å². The maximum atomic E-state index is 11.9. The van der Waals surface area contributed by atoms with Gasteiger partial charge in [0, 0.05) is 12.6 Å². The van der Waals surface area contributed by atoms with Crippen molar-refractivity contribution in [3.05, 3.63) is 59.2 Å². The third kappa shape index (κ3) is 5.43. The van der Waals surface area contributed by atoms with Crippen LogP contribution in [0.1, 0.15) is 28.4 Å². The Bertz CT molecular complexity index is 702. The molecular formula is C19H21NO4. The number of nitrogens with one attached hydrogen (secondary N) is 1. The molecule has 126 valence electrons. The molecule has 1 N–H and O–H groups in total. The molecule has 0 fully saturated rings. The monoisotopic (exact) mass is 327 g/mol. The molecule has 5 heteroatoms. The Balaban J connectivity index is 1.79. The van der Waals surface area contributed by atoms with Gasteiger partial charge in [0.2, 0.25) is 5.91 Å². The lowest BCUT2D eigenvalue weighted by atomic mass is 10.1. The number of carbonyl (C=O) groups excluding carboxylic acids is 2. The van der Waals surface area contributed by atoms with Gasteiger partial charge in [-0.15, -0.1) is 0 Å². The van der Waals surface area contributed by atoms with Gasteiger partial charge in [-0.25, -0.2) is 4.79 Å². The third-order valence-corrected chi connectivity index (χ3v) is 3.22. The van der Waals surface area contributed by atoms with Crippen molar-refractivity contribution in [1.82, 2.24) is 0 Å². The molecule has 0 saturated heterocycles. The predicted molar refractivity (Wildman–Crippen MR) is 92.4 cm³/mol. The maximum Gasteiger partial charge on any atom is 0.338 e. The third-order valence-electron chi connectivity index (χ3n) is 3.22. The molecule has 0 spiro atoms. The Morgan fingerprint density at radius 2 is 1.58 bits per heavy atom. The molecule has 2 aromatic carbocycles. The van der Waals surface area contributed by atoms with Crippen molar-refractivity contribution in [1.29, 1.82) is 0 Å². The zero-order valence-corrected chi connectivity index (χ0v) is 14.1. The minimum Gasteiger partial charge on any atom is -0.490 e. The highest BCUT2D eigenvalue weighted by molar-refractivity contribution is 5.92. The number of rotatable bonds is 6. The van der Waals surface area contributed by atoms with Gasteiger partial charge in [-0.1, -0.05) is 6.07 Å². The van der Waals surface area contributed by atoms with Gasteiger partial charge in [-0.2, -0.15) is 0 Å². The van der Waals surface area contributed by atoms with E-state index in [9.17, 15) is 9.59 Å². The van der Waals surface area contributed by atoms with Crippen molar-refractivity contribution in [2.45, 2.75) is 20.8 Å². The molecule has 0 saturated carbocycles. The lowest BCUT2D eigenvalue weighted by Crippen LogP contribution is -2.12. The summed E-state index contributed by atoms with van der Waals surface area (Å²) in [5, 5.41) is 2.64. The molecule has 0 bridgehead atoms. The average Bonchev–Trinajstić information content (AvgIpc) is 2.50. The molecule has 0 aromatic heterocycles. The number of esters is 1. The molecule has 2 rings (SSSR count). The first-order chi connectivity index (χ1) is 11.4. The van der Waals surface area contributed by atoms with Gasteiger partial charge in [-0.05, 0) is 61.4 Å². The fraction of sp³-hybridized carbons (Fsp3) is 0.263. The molecule has 5 nitrogen and oxygen atoms in total. The summed E-state index contributed by atoms with van der Waals surface area (Å²) in [5.74, 6) is 0.186. The first-order valence-corrected chi connectivity index (χ1v) is 7.70. The van der Waals surface area contributed by atoms with E-state index in [0.717, 1.165) is 16.9 Å². The van der Waals surface area contributed by atoms with E-state index in [2.05, 4.69) is 11.4 Å². The summed E-state index contributed by atoms with van der Waals surface area (Å²) in [6, 6.07) is 12.5. The Hall–Kier alpha value is -2.82. The van der Waals surface area contributed by atoms with Gasteiger partial charge < -0.3 is 14.8 Å². The highest BCUT2D eigenvalue weighted by Crippen LogP contribution is 2.16. The smallest absolute Gasteiger partial charge is 0.338 e. The average molecular weight is 327 g/mol. The van der Waals surface area contributed by atoms with E-state index in [4.69, 9.17) is 9.47 Å². The van der Waals surface area contributed by atoms with Crippen molar-refractivity contribution in [2.75, 3.05) is 18.5 Å². The van der Waals surface area contributed by atoms with Gasteiger partial charge >= 0.3 is 5.97 Å². The number of benzene rings is 2. The Morgan fingerprint density at radius 1 is 0.958 bits per heavy atom. The number of anilines is 1. The van der Waals surface area contributed by atoms with Crippen molar-refractivity contribution in [3.8, 4) is 5.75 Å². The summed E-state index contributed by atoms with van der Waals surface area (Å²) in [4.78, 5) is 22.9. The summed E-state index contributed by atoms with van der Waals surface area (Å²) in [7, 11) is 0. The van der Waals surface area contributed by atoms with Crippen molar-refractivity contribution in [2.24, 2.45) is 0 Å². The Labute approximate surface area is 141 Å². The zero-order chi connectivity index (χ0) is 17.5. The van der Waals surface area contributed by atoms with Crippen LogP contribution in [0.15, 0.2) is 42.5 Å². The lowest BCUT2D eigenvalue weighted by Gasteiger charge is -2.09. The molecule has 0 atom stereocenters. The molecule has 0 aliphatic heterocycles. The van der Waals surface area contributed by atoms with E-state index < -0.39 is 5.97 Å². The van der Waals surface area contributed by atoms with Crippen LogP contribution in [0.5, 0.6) is 5.75 Å². The van der Waals surface area contributed by atoms with Gasteiger partial charge in [0.15, 0.2) is 0 Å². The summed E-state index contributed by atoms with van der Waals surface area (Å²) >= 11 is 0. The standard InChI is InChI=1S/C19H21NO4/c1-13-10-14(2)12-18(11-13)23-8-9-24-19(22)16-4-6-17(7-5-16)20-15(3)21/h4-7,10-12H,8-9H2,1-3H3,(H,20,21). The van der Waals surface area contributed by atoms with Gasteiger partial charge in [0.05, 0.1) is 5.56 Å². The van der Waals surface area contributed by atoms with Gasteiger partial charge in [0.1, 0.15) is 19.0 Å². The normalized spacial score (nSPS) is 10.1. The summed E-state index contributed by atoms with van der Waals surface area (Å²) < 4.78 is 10.8. The summed E-state index contributed by atoms with van der Waals surface area (Å²) in [6.45, 7) is 5.89. The molecule has 0 unspecified atom stereocenters. The number of aryl methyl sites for hydroxylation is 2. The predicted octanol–water partition coefficient (Wildman–Crippen LogP) is 3.50. The van der Waals surface area contributed by atoms with Crippen LogP contribution in [0.2, 0.25) is 0 Å². The topological polar surface area (TPSA) is 64.6 Å². The minimum atomic E-state index is -0.423. The molecule has 1 amide bonds. The highest BCUT2D eigenvalue weighted by atomic mass is 16.6. The van der Waals surface area contributed by atoms with Crippen LogP contribution < -0.4 is 10.1 Å². The molecule has 0 heterocycles. The first kappa shape index (κ1) is 17.5. The second kappa shape index (κ2) is 8.15. The first-order valence-electron chi connectivity index (χ1n) is 7.70. The van der Waals surface area contributed by atoms with Crippen molar-refractivity contribution in [3.63, 3.8) is 0 Å². The minimum absolute atomic E-state index is 0.158. The van der Waals surface area contributed by atoms with Crippen LogP contribution in [-0.2, 0) is 9.53 Å². The molecule has 0 aliphatic rings. The van der Waals surface area contributed by atoms with Crippen LogP contribution in [0, 0.1) is 13.8 Å². The number of hydrogen-bond donors (Lipinski definition) is 1. The largest absolute Gasteiger partial charge is 0.490 e. The summed E-state index contributed by atoms with van der Waals surface area (Å²) in [6.07, 6.45) is 0. The van der Waals surface area contributed by atoms with Crippen LogP contribution in [0.4, 0.5) is 5.69 Å². The van der Waals surface area contributed by atoms with Gasteiger partial charge in [0.25, 0.3) is 0 Å². The zero-order valence-electron chi connectivity index (χ0n) is 14.1. The molecular weight excluding hydrogens is 306 g/mol.